The average Bonchev–Trinajstić information content (AvgIpc) is 2.64. The van der Waals surface area contributed by atoms with E-state index in [1.807, 2.05) is 0 Å². The molecule has 1 rings (SSSR count). The highest BCUT2D eigenvalue weighted by Crippen LogP contribution is 2.35. The van der Waals surface area contributed by atoms with Gasteiger partial charge in [-0.15, -0.1) is 0 Å². The molecule has 4 unspecified atom stereocenters. The van der Waals surface area contributed by atoms with Gasteiger partial charge in [-0.1, -0.05) is 67.2 Å². The number of likely N-dealkylation sites (N-methyl/N-ethyl adjacent to an activating group) is 1. The molecule has 1 aliphatic carbocycles. The summed E-state index contributed by atoms with van der Waals surface area (Å²) in [7, 11) is 1.67. The molecule has 4 atom stereocenters. The quantitative estimate of drug-likeness (QED) is 0.306. The molecule has 0 spiro atoms. The van der Waals surface area contributed by atoms with Gasteiger partial charge in [0.15, 0.2) is 0 Å². The molecule has 0 saturated heterocycles. The van der Waals surface area contributed by atoms with Crippen LogP contribution in [0.1, 0.15) is 92.9 Å². The molecule has 0 aromatic rings. The van der Waals surface area contributed by atoms with Crippen molar-refractivity contribution < 1.29 is 19.1 Å². The van der Waals surface area contributed by atoms with Crippen LogP contribution in [0.5, 0.6) is 0 Å². The molecule has 0 aliphatic heterocycles. The van der Waals surface area contributed by atoms with Gasteiger partial charge in [-0.3, -0.25) is 4.90 Å². The molecular weight excluding hydrogens is 366 g/mol. The molecule has 170 valence electrons. The van der Waals surface area contributed by atoms with Crippen LogP contribution in [-0.2, 0) is 14.3 Å². The van der Waals surface area contributed by atoms with Crippen LogP contribution in [0, 0.1) is 23.7 Å². The number of rotatable bonds is 11. The molecule has 0 aromatic carbocycles. The lowest BCUT2D eigenvalue weighted by atomic mass is 9.75. The van der Waals surface area contributed by atoms with Crippen LogP contribution >= 0.6 is 0 Å². The largest absolute Gasteiger partial charge is 0.464 e. The highest BCUT2D eigenvalue weighted by atomic mass is 16.6. The highest BCUT2D eigenvalue weighted by molar-refractivity contribution is 5.81. The maximum atomic E-state index is 12.9. The number of unbranched alkanes of at least 4 members (excludes halogenated alkanes) is 3. The van der Waals surface area contributed by atoms with Crippen molar-refractivity contribution in [2.24, 2.45) is 23.7 Å². The molecule has 5 nitrogen and oxygen atoms in total. The zero-order valence-corrected chi connectivity index (χ0v) is 19.9. The van der Waals surface area contributed by atoms with E-state index in [-0.39, 0.29) is 18.0 Å². The molecule has 1 aliphatic rings. The summed E-state index contributed by atoms with van der Waals surface area (Å²) in [6.45, 7) is 13.3. The van der Waals surface area contributed by atoms with E-state index in [0.717, 1.165) is 38.5 Å². The standard InChI is InChI=1S/C24H45NO4/c1-8-9-10-11-14-28-23(26)21(15-17(2)3)25(7)24(27)29-22-16-19(6)12-13-20(22)18(4)5/h17-22H,8-16H2,1-7H3. The van der Waals surface area contributed by atoms with Gasteiger partial charge in [0.05, 0.1) is 6.61 Å². The number of hydrogen-bond donors (Lipinski definition) is 0. The SMILES string of the molecule is CCCCCCOC(=O)C(CC(C)C)N(C)C(=O)OC1CC(C)CCC1C(C)C. The summed E-state index contributed by atoms with van der Waals surface area (Å²) in [5.41, 5.74) is 0. The lowest BCUT2D eigenvalue weighted by molar-refractivity contribution is -0.150. The third-order valence-corrected chi connectivity index (χ3v) is 6.18. The van der Waals surface area contributed by atoms with Crippen molar-refractivity contribution in [3.63, 3.8) is 0 Å². The van der Waals surface area contributed by atoms with E-state index >= 15 is 0 Å². The van der Waals surface area contributed by atoms with Crippen LogP contribution in [0.15, 0.2) is 0 Å². The van der Waals surface area contributed by atoms with Crippen LogP contribution < -0.4 is 0 Å². The van der Waals surface area contributed by atoms with E-state index in [4.69, 9.17) is 9.47 Å². The normalized spacial score (nSPS) is 23.1. The minimum atomic E-state index is -0.591. The Balaban J connectivity index is 2.72. The predicted molar refractivity (Wildman–Crippen MR) is 118 cm³/mol. The van der Waals surface area contributed by atoms with E-state index in [9.17, 15) is 9.59 Å². The predicted octanol–water partition coefficient (Wildman–Crippen LogP) is 6.05. The molecule has 0 N–H and O–H groups in total. The summed E-state index contributed by atoms with van der Waals surface area (Å²) in [5, 5.41) is 0. The molecule has 1 amide bonds. The molecule has 5 heteroatoms. The van der Waals surface area contributed by atoms with Gasteiger partial charge in [0.2, 0.25) is 0 Å². The first-order valence-electron chi connectivity index (χ1n) is 11.8. The van der Waals surface area contributed by atoms with Crippen LogP contribution in [0.25, 0.3) is 0 Å². The van der Waals surface area contributed by atoms with Crippen LogP contribution in [0.4, 0.5) is 4.79 Å². The Morgan fingerprint density at radius 1 is 1.07 bits per heavy atom. The van der Waals surface area contributed by atoms with Crippen molar-refractivity contribution in [1.29, 1.82) is 0 Å². The number of ether oxygens (including phenoxy) is 2. The minimum absolute atomic E-state index is 0.0709. The van der Waals surface area contributed by atoms with Gasteiger partial charge in [0.1, 0.15) is 12.1 Å². The highest BCUT2D eigenvalue weighted by Gasteiger charge is 2.36. The van der Waals surface area contributed by atoms with Crippen molar-refractivity contribution in [1.82, 2.24) is 4.90 Å². The second-order valence-corrected chi connectivity index (χ2v) is 9.73. The van der Waals surface area contributed by atoms with E-state index in [2.05, 4.69) is 41.5 Å². The summed E-state index contributed by atoms with van der Waals surface area (Å²) >= 11 is 0. The van der Waals surface area contributed by atoms with Gasteiger partial charge >= 0.3 is 12.1 Å². The fourth-order valence-corrected chi connectivity index (χ4v) is 4.25. The van der Waals surface area contributed by atoms with Crippen LogP contribution in [0.2, 0.25) is 0 Å². The summed E-state index contributed by atoms with van der Waals surface area (Å²) in [6.07, 6.45) is 7.52. The van der Waals surface area contributed by atoms with Crippen molar-refractivity contribution in [2.75, 3.05) is 13.7 Å². The molecule has 0 aromatic heterocycles. The van der Waals surface area contributed by atoms with Gasteiger partial charge < -0.3 is 9.47 Å². The Kier molecular flexibility index (Phi) is 11.7. The smallest absolute Gasteiger partial charge is 0.410 e. The minimum Gasteiger partial charge on any atom is -0.464 e. The Morgan fingerprint density at radius 2 is 1.76 bits per heavy atom. The van der Waals surface area contributed by atoms with Crippen molar-refractivity contribution in [3.05, 3.63) is 0 Å². The molecular formula is C24H45NO4. The zero-order valence-electron chi connectivity index (χ0n) is 19.9. The van der Waals surface area contributed by atoms with E-state index in [1.165, 1.54) is 11.3 Å². The van der Waals surface area contributed by atoms with Crippen LogP contribution in [-0.4, -0.2) is 42.8 Å². The third kappa shape index (κ3) is 8.96. The number of carbonyl (C=O) groups excluding carboxylic acids is 2. The van der Waals surface area contributed by atoms with E-state index < -0.39 is 12.1 Å². The first kappa shape index (κ1) is 25.8. The zero-order chi connectivity index (χ0) is 22.0. The van der Waals surface area contributed by atoms with Gasteiger partial charge in [0.25, 0.3) is 0 Å². The number of amides is 1. The summed E-state index contributed by atoms with van der Waals surface area (Å²) < 4.78 is 11.4. The summed E-state index contributed by atoms with van der Waals surface area (Å²) in [6, 6.07) is -0.591. The number of esters is 1. The number of nitrogens with zero attached hydrogens (tertiary/aromatic N) is 1. The van der Waals surface area contributed by atoms with Gasteiger partial charge in [0, 0.05) is 7.05 Å². The Hall–Kier alpha value is -1.26. The first-order chi connectivity index (χ1) is 13.7. The fraction of sp³-hybridized carbons (Fsp3) is 0.917. The average molecular weight is 412 g/mol. The lowest BCUT2D eigenvalue weighted by Gasteiger charge is -2.38. The lowest BCUT2D eigenvalue weighted by Crippen LogP contribution is -2.47. The van der Waals surface area contributed by atoms with Crippen LogP contribution in [0.3, 0.4) is 0 Å². The maximum Gasteiger partial charge on any atom is 0.410 e. The molecule has 0 heterocycles. The molecule has 1 fully saturated rings. The van der Waals surface area contributed by atoms with Gasteiger partial charge in [-0.2, -0.15) is 0 Å². The van der Waals surface area contributed by atoms with E-state index in [1.54, 1.807) is 7.05 Å². The molecule has 0 radical (unpaired) electrons. The summed E-state index contributed by atoms with van der Waals surface area (Å²) in [5.74, 6) is 1.39. The molecule has 0 bridgehead atoms. The Labute approximate surface area is 178 Å². The Morgan fingerprint density at radius 3 is 2.34 bits per heavy atom. The Bertz CT molecular complexity index is 491. The monoisotopic (exact) mass is 411 g/mol. The topological polar surface area (TPSA) is 55.8 Å². The van der Waals surface area contributed by atoms with Crippen molar-refractivity contribution in [2.45, 2.75) is 105 Å². The molecule has 1 saturated carbocycles. The summed E-state index contributed by atoms with van der Waals surface area (Å²) in [4.78, 5) is 27.1. The second-order valence-electron chi connectivity index (χ2n) is 9.73. The maximum absolute atomic E-state index is 12.9. The van der Waals surface area contributed by atoms with Crippen molar-refractivity contribution >= 4 is 12.1 Å². The van der Waals surface area contributed by atoms with Gasteiger partial charge in [-0.05, 0) is 49.4 Å². The first-order valence-corrected chi connectivity index (χ1v) is 11.8. The van der Waals surface area contributed by atoms with Crippen molar-refractivity contribution in [3.8, 4) is 0 Å². The fourth-order valence-electron chi connectivity index (χ4n) is 4.25. The van der Waals surface area contributed by atoms with Gasteiger partial charge in [-0.25, -0.2) is 9.59 Å². The molecule has 29 heavy (non-hydrogen) atoms. The third-order valence-electron chi connectivity index (χ3n) is 6.18. The number of hydrogen-bond acceptors (Lipinski definition) is 4. The second kappa shape index (κ2) is 13.1. The number of carbonyl (C=O) groups is 2. The van der Waals surface area contributed by atoms with E-state index in [0.29, 0.717) is 30.8 Å².